The average Bonchev–Trinajstić information content (AvgIpc) is 2.20. The van der Waals surface area contributed by atoms with E-state index in [0.29, 0.717) is 12.0 Å². The van der Waals surface area contributed by atoms with Gasteiger partial charge in [-0.1, -0.05) is 0 Å². The zero-order valence-corrected chi connectivity index (χ0v) is 9.26. The monoisotopic (exact) mass is 225 g/mol. The van der Waals surface area contributed by atoms with Gasteiger partial charge < -0.3 is 5.73 Å². The summed E-state index contributed by atoms with van der Waals surface area (Å²) in [5.74, 6) is -0.439. The number of hydrogen-bond donors (Lipinski definition) is 1. The molecule has 1 saturated carbocycles. The molecule has 1 aliphatic rings. The van der Waals surface area contributed by atoms with E-state index in [1.165, 1.54) is 12.1 Å². The summed E-state index contributed by atoms with van der Waals surface area (Å²) in [5.41, 5.74) is 6.58. The summed E-state index contributed by atoms with van der Waals surface area (Å²) >= 11 is 0. The van der Waals surface area contributed by atoms with Crippen molar-refractivity contribution in [3.63, 3.8) is 0 Å². The molecule has 0 unspecified atom stereocenters. The second-order valence-corrected chi connectivity index (χ2v) is 4.76. The van der Waals surface area contributed by atoms with E-state index >= 15 is 0 Å². The van der Waals surface area contributed by atoms with Crippen LogP contribution in [0.3, 0.4) is 0 Å². The SMILES string of the molecule is NC1CCC(Cc2cc(F)cc(F)c2)CC1. The number of hydrogen-bond acceptors (Lipinski definition) is 1. The zero-order valence-electron chi connectivity index (χ0n) is 9.26. The van der Waals surface area contributed by atoms with E-state index < -0.39 is 11.6 Å². The maximum atomic E-state index is 13.0. The molecule has 0 heterocycles. The third-order valence-electron chi connectivity index (χ3n) is 3.34. The highest BCUT2D eigenvalue weighted by Crippen LogP contribution is 2.26. The van der Waals surface area contributed by atoms with E-state index in [2.05, 4.69) is 0 Å². The van der Waals surface area contributed by atoms with Gasteiger partial charge in [0.2, 0.25) is 0 Å². The molecule has 2 rings (SSSR count). The highest BCUT2D eigenvalue weighted by Gasteiger charge is 2.19. The normalized spacial score (nSPS) is 25.7. The molecule has 0 spiro atoms. The van der Waals surface area contributed by atoms with Gasteiger partial charge in [0, 0.05) is 12.1 Å². The molecule has 0 saturated heterocycles. The predicted molar refractivity (Wildman–Crippen MR) is 60.0 cm³/mol. The van der Waals surface area contributed by atoms with Crippen molar-refractivity contribution in [3.05, 3.63) is 35.4 Å². The van der Waals surface area contributed by atoms with Crippen molar-refractivity contribution in [1.29, 1.82) is 0 Å². The Balaban J connectivity index is 1.98. The van der Waals surface area contributed by atoms with Gasteiger partial charge in [-0.25, -0.2) is 8.78 Å². The van der Waals surface area contributed by atoms with Gasteiger partial charge in [0.1, 0.15) is 11.6 Å². The summed E-state index contributed by atoms with van der Waals surface area (Å²) in [7, 11) is 0. The first-order valence-corrected chi connectivity index (χ1v) is 5.84. The summed E-state index contributed by atoms with van der Waals surface area (Å²) in [6.07, 6.45) is 4.96. The first-order valence-electron chi connectivity index (χ1n) is 5.84. The molecule has 1 fully saturated rings. The van der Waals surface area contributed by atoms with Crippen LogP contribution in [0.1, 0.15) is 31.2 Å². The Labute approximate surface area is 94.7 Å². The van der Waals surface area contributed by atoms with Crippen molar-refractivity contribution >= 4 is 0 Å². The van der Waals surface area contributed by atoms with Gasteiger partial charge in [-0.3, -0.25) is 0 Å². The van der Waals surface area contributed by atoms with Crippen LogP contribution in [0.15, 0.2) is 18.2 Å². The molecule has 0 aromatic heterocycles. The third-order valence-corrected chi connectivity index (χ3v) is 3.34. The second kappa shape index (κ2) is 4.91. The van der Waals surface area contributed by atoms with E-state index in [-0.39, 0.29) is 0 Å². The smallest absolute Gasteiger partial charge is 0.126 e. The van der Waals surface area contributed by atoms with Crippen LogP contribution in [0.4, 0.5) is 8.78 Å². The largest absolute Gasteiger partial charge is 0.328 e. The summed E-state index contributed by atoms with van der Waals surface area (Å²) in [4.78, 5) is 0. The fraction of sp³-hybridized carbons (Fsp3) is 0.538. The second-order valence-electron chi connectivity index (χ2n) is 4.76. The Bertz CT molecular complexity index is 337. The number of benzene rings is 1. The van der Waals surface area contributed by atoms with E-state index in [1.54, 1.807) is 0 Å². The molecule has 88 valence electrons. The molecular formula is C13H17F2N. The van der Waals surface area contributed by atoms with Gasteiger partial charge in [-0.15, -0.1) is 0 Å². The van der Waals surface area contributed by atoms with Gasteiger partial charge in [0.05, 0.1) is 0 Å². The summed E-state index contributed by atoms with van der Waals surface area (Å²) in [5, 5.41) is 0. The minimum atomic E-state index is -0.484. The van der Waals surface area contributed by atoms with Crippen LogP contribution in [-0.2, 0) is 6.42 Å². The lowest BCUT2D eigenvalue weighted by molar-refractivity contribution is 0.324. The standard InChI is InChI=1S/C13H17F2N/c14-11-6-10(7-12(15)8-11)5-9-1-3-13(16)4-2-9/h6-9,13H,1-5,16H2. The van der Waals surface area contributed by atoms with Crippen molar-refractivity contribution in [2.45, 2.75) is 38.1 Å². The molecule has 16 heavy (non-hydrogen) atoms. The highest BCUT2D eigenvalue weighted by molar-refractivity contribution is 5.18. The zero-order chi connectivity index (χ0) is 11.5. The maximum absolute atomic E-state index is 13.0. The Hall–Kier alpha value is -0.960. The molecule has 1 aromatic carbocycles. The minimum absolute atomic E-state index is 0.320. The molecule has 1 aliphatic carbocycles. The third kappa shape index (κ3) is 3.01. The molecule has 0 aliphatic heterocycles. The quantitative estimate of drug-likeness (QED) is 0.822. The van der Waals surface area contributed by atoms with Gasteiger partial charge in [-0.05, 0) is 55.7 Å². The first-order chi connectivity index (χ1) is 7.63. The Morgan fingerprint density at radius 1 is 1.00 bits per heavy atom. The first kappa shape index (κ1) is 11.5. The molecule has 2 N–H and O–H groups in total. The van der Waals surface area contributed by atoms with Gasteiger partial charge in [-0.2, -0.15) is 0 Å². The molecule has 0 atom stereocenters. The van der Waals surface area contributed by atoms with E-state index in [9.17, 15) is 8.78 Å². The number of halogens is 2. The van der Waals surface area contributed by atoms with Crippen LogP contribution in [-0.4, -0.2) is 6.04 Å². The topological polar surface area (TPSA) is 26.0 Å². The van der Waals surface area contributed by atoms with Crippen LogP contribution < -0.4 is 5.73 Å². The van der Waals surface area contributed by atoms with Crippen LogP contribution in [0.2, 0.25) is 0 Å². The lowest BCUT2D eigenvalue weighted by Crippen LogP contribution is -2.27. The van der Waals surface area contributed by atoms with Crippen molar-refractivity contribution in [2.24, 2.45) is 11.7 Å². The lowest BCUT2D eigenvalue weighted by Gasteiger charge is -2.26. The van der Waals surface area contributed by atoms with Gasteiger partial charge in [0.15, 0.2) is 0 Å². The van der Waals surface area contributed by atoms with Crippen LogP contribution in [0, 0.1) is 17.6 Å². The van der Waals surface area contributed by atoms with Crippen LogP contribution in [0.25, 0.3) is 0 Å². The average molecular weight is 225 g/mol. The van der Waals surface area contributed by atoms with Crippen molar-refractivity contribution in [1.82, 2.24) is 0 Å². The summed E-state index contributed by atoms with van der Waals surface area (Å²) in [6, 6.07) is 4.09. The molecule has 0 bridgehead atoms. The number of rotatable bonds is 2. The Kier molecular flexibility index (Phi) is 3.54. The minimum Gasteiger partial charge on any atom is -0.328 e. The van der Waals surface area contributed by atoms with Crippen molar-refractivity contribution in [2.75, 3.05) is 0 Å². The molecule has 1 aromatic rings. The molecule has 0 radical (unpaired) electrons. The maximum Gasteiger partial charge on any atom is 0.126 e. The summed E-state index contributed by atoms with van der Waals surface area (Å²) in [6.45, 7) is 0. The van der Waals surface area contributed by atoms with Crippen molar-refractivity contribution < 1.29 is 8.78 Å². The Morgan fingerprint density at radius 3 is 2.12 bits per heavy atom. The van der Waals surface area contributed by atoms with Gasteiger partial charge in [0.25, 0.3) is 0 Å². The molecule has 3 heteroatoms. The lowest BCUT2D eigenvalue weighted by atomic mass is 9.83. The molecular weight excluding hydrogens is 208 g/mol. The van der Waals surface area contributed by atoms with Crippen LogP contribution >= 0.6 is 0 Å². The molecule has 1 nitrogen and oxygen atoms in total. The van der Waals surface area contributed by atoms with E-state index in [4.69, 9.17) is 5.73 Å². The highest BCUT2D eigenvalue weighted by atomic mass is 19.1. The van der Waals surface area contributed by atoms with E-state index in [1.807, 2.05) is 0 Å². The van der Waals surface area contributed by atoms with E-state index in [0.717, 1.165) is 43.7 Å². The fourth-order valence-electron chi connectivity index (χ4n) is 2.45. The number of nitrogens with two attached hydrogens (primary N) is 1. The van der Waals surface area contributed by atoms with Crippen LogP contribution in [0.5, 0.6) is 0 Å². The fourth-order valence-corrected chi connectivity index (χ4v) is 2.45. The van der Waals surface area contributed by atoms with Gasteiger partial charge >= 0.3 is 0 Å². The predicted octanol–water partition coefficient (Wildman–Crippen LogP) is 3.02. The summed E-state index contributed by atoms with van der Waals surface area (Å²) < 4.78 is 26.0. The van der Waals surface area contributed by atoms with Crippen molar-refractivity contribution in [3.8, 4) is 0 Å². The Morgan fingerprint density at radius 2 is 1.56 bits per heavy atom. The molecule has 0 amide bonds.